The first kappa shape index (κ1) is 11.3. The Morgan fingerprint density at radius 1 is 1.28 bits per heavy atom. The predicted molar refractivity (Wildman–Crippen MR) is 61.7 cm³/mol. The number of allylic oxidation sites excluding steroid dienone is 2. The lowest BCUT2D eigenvalue weighted by Crippen LogP contribution is -2.62. The van der Waals surface area contributed by atoms with Gasteiger partial charge in [-0.25, -0.2) is 0 Å². The maximum Gasteiger partial charge on any atom is 0.311 e. The minimum Gasteiger partial charge on any atom is -0.469 e. The van der Waals surface area contributed by atoms with Gasteiger partial charge in [0, 0.05) is 30.3 Å². The van der Waals surface area contributed by atoms with Crippen LogP contribution < -0.4 is 0 Å². The molecule has 1 saturated heterocycles. The third-order valence-electron chi connectivity index (χ3n) is 3.99. The molecule has 18 heavy (non-hydrogen) atoms. The van der Waals surface area contributed by atoms with Crippen LogP contribution in [0.15, 0.2) is 23.3 Å². The van der Waals surface area contributed by atoms with E-state index in [1.807, 2.05) is 0 Å². The van der Waals surface area contributed by atoms with E-state index >= 15 is 0 Å². The highest BCUT2D eigenvalue weighted by molar-refractivity contribution is 6.20. The molecule has 2 aliphatic heterocycles. The Labute approximate surface area is 104 Å². The highest BCUT2D eigenvalue weighted by atomic mass is 16.5. The molecule has 0 aromatic heterocycles. The number of nitrogens with zero attached hydrogens (tertiary/aromatic N) is 1. The van der Waals surface area contributed by atoms with E-state index in [1.165, 1.54) is 19.3 Å². The summed E-state index contributed by atoms with van der Waals surface area (Å²) in [6, 6.07) is 0.0134. The summed E-state index contributed by atoms with van der Waals surface area (Å²) in [4.78, 5) is 37.1. The molecule has 0 bridgehead atoms. The summed E-state index contributed by atoms with van der Waals surface area (Å²) in [5.41, 5.74) is 1.18. The number of rotatable bonds is 1. The van der Waals surface area contributed by atoms with Gasteiger partial charge in [0.05, 0.1) is 13.0 Å². The number of fused-ring (bicyclic) bond motifs is 1. The van der Waals surface area contributed by atoms with Crippen molar-refractivity contribution in [2.75, 3.05) is 20.2 Å². The van der Waals surface area contributed by atoms with Crippen LogP contribution >= 0.6 is 0 Å². The largest absolute Gasteiger partial charge is 0.469 e. The predicted octanol–water partition coefficient (Wildman–Crippen LogP) is -0.132. The molecule has 0 aromatic rings. The summed E-state index contributed by atoms with van der Waals surface area (Å²) >= 11 is 0. The molecule has 1 aliphatic carbocycles. The van der Waals surface area contributed by atoms with Crippen molar-refractivity contribution < 1.29 is 19.1 Å². The smallest absolute Gasteiger partial charge is 0.311 e. The Hall–Kier alpha value is -1.75. The second-order valence-electron chi connectivity index (χ2n) is 4.85. The van der Waals surface area contributed by atoms with Crippen LogP contribution in [0.3, 0.4) is 0 Å². The number of ether oxygens (including phenoxy) is 1. The lowest BCUT2D eigenvalue weighted by molar-refractivity contribution is -0.156. The molecule has 0 aromatic carbocycles. The Morgan fingerprint density at radius 3 is 2.61 bits per heavy atom. The molecule has 0 spiro atoms. The lowest BCUT2D eigenvalue weighted by Gasteiger charge is -2.50. The molecule has 5 nitrogen and oxygen atoms in total. The molecular weight excluding hydrogens is 234 g/mol. The van der Waals surface area contributed by atoms with Crippen molar-refractivity contribution in [2.24, 2.45) is 5.92 Å². The van der Waals surface area contributed by atoms with Crippen molar-refractivity contribution in [3.8, 4) is 0 Å². The topological polar surface area (TPSA) is 63.7 Å². The molecule has 3 rings (SSSR count). The SMILES string of the molecule is COC(=O)C1CN2CC3=C(CC12)C(=O)C=CC3=O. The van der Waals surface area contributed by atoms with Crippen molar-refractivity contribution in [3.05, 3.63) is 23.3 Å². The van der Waals surface area contributed by atoms with Gasteiger partial charge in [-0.2, -0.15) is 0 Å². The van der Waals surface area contributed by atoms with E-state index in [9.17, 15) is 14.4 Å². The second-order valence-corrected chi connectivity index (χ2v) is 4.85. The van der Waals surface area contributed by atoms with Crippen molar-refractivity contribution in [2.45, 2.75) is 12.5 Å². The summed E-state index contributed by atoms with van der Waals surface area (Å²) in [7, 11) is 1.37. The highest BCUT2D eigenvalue weighted by Gasteiger charge is 2.48. The minimum atomic E-state index is -0.231. The summed E-state index contributed by atoms with van der Waals surface area (Å²) in [5, 5.41) is 0. The average Bonchev–Trinajstić information content (AvgIpc) is 2.35. The van der Waals surface area contributed by atoms with Crippen molar-refractivity contribution >= 4 is 17.5 Å². The van der Waals surface area contributed by atoms with E-state index in [4.69, 9.17) is 4.74 Å². The first-order chi connectivity index (χ1) is 8.61. The van der Waals surface area contributed by atoms with Gasteiger partial charge >= 0.3 is 5.97 Å². The molecule has 2 heterocycles. The van der Waals surface area contributed by atoms with Crippen molar-refractivity contribution in [1.29, 1.82) is 0 Å². The van der Waals surface area contributed by atoms with E-state index in [1.54, 1.807) is 0 Å². The number of carbonyl (C=O) groups excluding carboxylic acids is 3. The Balaban J connectivity index is 1.85. The van der Waals surface area contributed by atoms with Gasteiger partial charge in [0.25, 0.3) is 0 Å². The number of carbonyl (C=O) groups is 3. The molecule has 0 radical (unpaired) electrons. The number of hydrogen-bond donors (Lipinski definition) is 0. The van der Waals surface area contributed by atoms with Gasteiger partial charge in [-0.05, 0) is 18.6 Å². The first-order valence-corrected chi connectivity index (χ1v) is 5.92. The molecule has 0 amide bonds. The standard InChI is InChI=1S/C13H13NO4/c1-18-13(17)9-6-14-5-8-7(4-10(9)14)11(15)2-3-12(8)16/h2-3,9-10H,4-6H2,1H3. The van der Waals surface area contributed by atoms with Crippen LogP contribution in [-0.4, -0.2) is 48.7 Å². The molecule has 5 heteroatoms. The molecule has 0 saturated carbocycles. The normalized spacial score (nSPS) is 30.7. The summed E-state index contributed by atoms with van der Waals surface area (Å²) in [6.07, 6.45) is 3.13. The zero-order chi connectivity index (χ0) is 12.9. The Morgan fingerprint density at radius 2 is 1.94 bits per heavy atom. The van der Waals surface area contributed by atoms with Crippen LogP contribution in [0.4, 0.5) is 0 Å². The number of ketones is 2. The fourth-order valence-corrected chi connectivity index (χ4v) is 2.92. The van der Waals surface area contributed by atoms with Gasteiger partial charge in [0.2, 0.25) is 0 Å². The fraction of sp³-hybridized carbons (Fsp3) is 0.462. The van der Waals surface area contributed by atoms with Crippen LogP contribution in [0.25, 0.3) is 0 Å². The maximum absolute atomic E-state index is 11.8. The monoisotopic (exact) mass is 247 g/mol. The molecule has 1 fully saturated rings. The minimum absolute atomic E-state index is 0.0134. The quantitative estimate of drug-likeness (QED) is 0.477. The van der Waals surface area contributed by atoms with E-state index in [0.29, 0.717) is 30.7 Å². The third-order valence-corrected chi connectivity index (χ3v) is 3.99. The Bertz CT molecular complexity index is 517. The molecule has 2 unspecified atom stereocenters. The van der Waals surface area contributed by atoms with E-state index < -0.39 is 0 Å². The summed E-state index contributed by atoms with van der Waals surface area (Å²) in [5.74, 6) is -0.576. The first-order valence-electron chi connectivity index (χ1n) is 5.92. The molecule has 2 atom stereocenters. The van der Waals surface area contributed by atoms with Gasteiger partial charge in [-0.15, -0.1) is 0 Å². The highest BCUT2D eigenvalue weighted by Crippen LogP contribution is 2.38. The average molecular weight is 247 g/mol. The zero-order valence-electron chi connectivity index (χ0n) is 10.0. The van der Waals surface area contributed by atoms with Crippen LogP contribution in [0, 0.1) is 5.92 Å². The molecule has 94 valence electrons. The number of methoxy groups -OCH3 is 1. The van der Waals surface area contributed by atoms with Crippen LogP contribution in [-0.2, 0) is 19.1 Å². The van der Waals surface area contributed by atoms with Gasteiger partial charge in [-0.3, -0.25) is 19.3 Å². The summed E-state index contributed by atoms with van der Waals surface area (Å²) in [6.45, 7) is 1.09. The van der Waals surface area contributed by atoms with Gasteiger partial charge < -0.3 is 4.74 Å². The third kappa shape index (κ3) is 1.47. The molecule has 3 aliphatic rings. The van der Waals surface area contributed by atoms with Crippen LogP contribution in [0.1, 0.15) is 6.42 Å². The zero-order valence-corrected chi connectivity index (χ0v) is 10.0. The molecular formula is C13H13NO4. The van der Waals surface area contributed by atoms with E-state index in [-0.39, 0.29) is 29.5 Å². The Kier molecular flexibility index (Phi) is 2.45. The lowest BCUT2D eigenvalue weighted by atomic mass is 9.76. The van der Waals surface area contributed by atoms with Gasteiger partial charge in [-0.1, -0.05) is 0 Å². The van der Waals surface area contributed by atoms with E-state index in [2.05, 4.69) is 4.90 Å². The maximum atomic E-state index is 11.8. The number of hydrogen-bond acceptors (Lipinski definition) is 5. The van der Waals surface area contributed by atoms with Crippen LogP contribution in [0.2, 0.25) is 0 Å². The fourth-order valence-electron chi connectivity index (χ4n) is 2.92. The van der Waals surface area contributed by atoms with Crippen molar-refractivity contribution in [1.82, 2.24) is 4.90 Å². The van der Waals surface area contributed by atoms with Crippen LogP contribution in [0.5, 0.6) is 0 Å². The number of esters is 1. The summed E-state index contributed by atoms with van der Waals surface area (Å²) < 4.78 is 4.74. The van der Waals surface area contributed by atoms with Gasteiger partial charge in [0.15, 0.2) is 11.6 Å². The van der Waals surface area contributed by atoms with E-state index in [0.717, 1.165) is 0 Å². The second kappa shape index (κ2) is 3.88. The molecule has 0 N–H and O–H groups in total. The van der Waals surface area contributed by atoms with Crippen molar-refractivity contribution in [3.63, 3.8) is 0 Å². The van der Waals surface area contributed by atoms with Gasteiger partial charge in [0.1, 0.15) is 0 Å².